The van der Waals surface area contributed by atoms with Crippen molar-refractivity contribution in [2.75, 3.05) is 31.8 Å². The number of likely N-dealkylation sites (N-methyl/N-ethyl adjacent to an activating group) is 1. The van der Waals surface area contributed by atoms with Gasteiger partial charge in [0.25, 0.3) is 11.1 Å². The van der Waals surface area contributed by atoms with Crippen molar-refractivity contribution in [3.05, 3.63) is 66.7 Å². The fourth-order valence-corrected chi connectivity index (χ4v) is 3.50. The minimum atomic E-state index is -0.207. The first-order chi connectivity index (χ1) is 16.0. The molecule has 0 saturated carbocycles. The van der Waals surface area contributed by atoms with E-state index in [0.29, 0.717) is 22.6 Å². The Morgan fingerprint density at radius 2 is 1.76 bits per heavy atom. The summed E-state index contributed by atoms with van der Waals surface area (Å²) in [6.07, 6.45) is 0. The van der Waals surface area contributed by atoms with Gasteiger partial charge in [-0.3, -0.25) is 9.59 Å². The lowest BCUT2D eigenvalue weighted by Crippen LogP contribution is -2.27. The van der Waals surface area contributed by atoms with Crippen molar-refractivity contribution in [1.82, 2.24) is 15.1 Å². The maximum absolute atomic E-state index is 12.3. The molecule has 0 aliphatic rings. The van der Waals surface area contributed by atoms with Crippen molar-refractivity contribution in [2.24, 2.45) is 0 Å². The fourth-order valence-electron chi connectivity index (χ4n) is 2.94. The van der Waals surface area contributed by atoms with E-state index in [9.17, 15) is 9.59 Å². The molecule has 0 fully saturated rings. The number of nitrogens with zero attached hydrogens (tertiary/aromatic N) is 3. The molecule has 0 bridgehead atoms. The molecule has 1 N–H and O–H groups in total. The molecule has 1 aromatic heterocycles. The van der Waals surface area contributed by atoms with E-state index in [1.54, 1.807) is 38.4 Å². The fraction of sp³-hybridized carbons (Fsp3) is 0.167. The molecule has 0 aliphatic heterocycles. The van der Waals surface area contributed by atoms with Crippen LogP contribution in [0.2, 0.25) is 0 Å². The van der Waals surface area contributed by atoms with Gasteiger partial charge in [-0.2, -0.15) is 0 Å². The van der Waals surface area contributed by atoms with Crippen molar-refractivity contribution in [2.45, 2.75) is 5.22 Å². The summed E-state index contributed by atoms with van der Waals surface area (Å²) in [6, 6.07) is 20.8. The minimum Gasteiger partial charge on any atom is -0.484 e. The molecule has 168 valence electrons. The molecule has 9 heteroatoms. The second kappa shape index (κ2) is 10.2. The molecule has 4 rings (SSSR count). The van der Waals surface area contributed by atoms with E-state index in [2.05, 4.69) is 15.5 Å². The maximum Gasteiger partial charge on any atom is 0.277 e. The summed E-state index contributed by atoms with van der Waals surface area (Å²) in [5.74, 6) is 0.738. The second-order valence-corrected chi connectivity index (χ2v) is 8.30. The average Bonchev–Trinajstić information content (AvgIpc) is 3.31. The zero-order chi connectivity index (χ0) is 23.2. The second-order valence-electron chi connectivity index (χ2n) is 7.37. The lowest BCUT2D eigenvalue weighted by atomic mass is 10.1. The monoisotopic (exact) mass is 462 g/mol. The van der Waals surface area contributed by atoms with Crippen molar-refractivity contribution in [3.63, 3.8) is 0 Å². The topological polar surface area (TPSA) is 97.6 Å². The summed E-state index contributed by atoms with van der Waals surface area (Å²) >= 11 is 1.16. The summed E-state index contributed by atoms with van der Waals surface area (Å²) in [5, 5.41) is 13.5. The summed E-state index contributed by atoms with van der Waals surface area (Å²) in [4.78, 5) is 25.3. The highest BCUT2D eigenvalue weighted by atomic mass is 32.2. The van der Waals surface area contributed by atoms with Gasteiger partial charge < -0.3 is 19.4 Å². The van der Waals surface area contributed by atoms with Crippen LogP contribution in [0.25, 0.3) is 22.2 Å². The molecule has 1 heterocycles. The van der Waals surface area contributed by atoms with E-state index in [1.165, 1.54) is 4.90 Å². The highest BCUT2D eigenvalue weighted by Crippen LogP contribution is 2.26. The van der Waals surface area contributed by atoms with Crippen LogP contribution in [0.4, 0.5) is 5.69 Å². The van der Waals surface area contributed by atoms with Crippen LogP contribution in [0.15, 0.2) is 76.4 Å². The molecule has 0 unspecified atom stereocenters. The van der Waals surface area contributed by atoms with E-state index < -0.39 is 0 Å². The van der Waals surface area contributed by atoms with Gasteiger partial charge in [-0.1, -0.05) is 42.1 Å². The molecule has 0 atom stereocenters. The number of thioether (sulfide) groups is 1. The van der Waals surface area contributed by atoms with Crippen molar-refractivity contribution in [1.29, 1.82) is 0 Å². The Kier molecular flexibility index (Phi) is 6.89. The number of hydrogen-bond donors (Lipinski definition) is 1. The number of hydrogen-bond acceptors (Lipinski definition) is 7. The Morgan fingerprint density at radius 3 is 2.52 bits per heavy atom. The van der Waals surface area contributed by atoms with E-state index in [-0.39, 0.29) is 24.2 Å². The van der Waals surface area contributed by atoms with Crippen molar-refractivity contribution < 1.29 is 18.7 Å². The summed E-state index contributed by atoms with van der Waals surface area (Å²) in [6.45, 7) is -0.0410. The molecule has 4 aromatic rings. The molecule has 33 heavy (non-hydrogen) atoms. The molecule has 0 radical (unpaired) electrons. The smallest absolute Gasteiger partial charge is 0.277 e. The standard InChI is InChI=1S/C24H22N4O4S/c1-28(2)22(30)14-31-20-11-9-19(10-12-20)25-21(29)15-33-24-27-26-23(32-24)18-8-7-16-5-3-4-6-17(16)13-18/h3-13H,14-15H2,1-2H3,(H,25,29). The first-order valence-corrected chi connectivity index (χ1v) is 11.1. The van der Waals surface area contributed by atoms with Crippen LogP contribution >= 0.6 is 11.8 Å². The number of carbonyl (C=O) groups is 2. The molecule has 0 saturated heterocycles. The molecule has 3 aromatic carbocycles. The number of benzene rings is 3. The van der Waals surface area contributed by atoms with Gasteiger partial charge in [-0.25, -0.2) is 0 Å². The van der Waals surface area contributed by atoms with Crippen molar-refractivity contribution in [3.8, 4) is 17.2 Å². The van der Waals surface area contributed by atoms with Crippen LogP contribution in [0.1, 0.15) is 0 Å². The van der Waals surface area contributed by atoms with Gasteiger partial charge in [0, 0.05) is 25.3 Å². The zero-order valence-electron chi connectivity index (χ0n) is 18.1. The number of nitrogens with one attached hydrogen (secondary N) is 1. The normalized spacial score (nSPS) is 10.7. The Labute approximate surface area is 194 Å². The molecule has 0 spiro atoms. The SMILES string of the molecule is CN(C)C(=O)COc1ccc(NC(=O)CSc2nnc(-c3ccc4ccccc4c3)o2)cc1. The highest BCUT2D eigenvalue weighted by molar-refractivity contribution is 7.99. The molecule has 0 aliphatic carbocycles. The number of rotatable bonds is 8. The van der Waals surface area contributed by atoms with Crippen LogP contribution in [-0.4, -0.2) is 53.4 Å². The number of ether oxygens (including phenoxy) is 1. The largest absolute Gasteiger partial charge is 0.484 e. The van der Waals surface area contributed by atoms with Crippen molar-refractivity contribution >= 4 is 40.0 Å². The zero-order valence-corrected chi connectivity index (χ0v) is 19.0. The maximum atomic E-state index is 12.3. The van der Waals surface area contributed by atoms with Gasteiger partial charge in [-0.15, -0.1) is 10.2 Å². The van der Waals surface area contributed by atoms with E-state index in [4.69, 9.17) is 9.15 Å². The van der Waals surface area contributed by atoms with Crippen LogP contribution in [0, 0.1) is 0 Å². The van der Waals surface area contributed by atoms with Gasteiger partial charge in [0.1, 0.15) is 5.75 Å². The van der Waals surface area contributed by atoms with E-state index >= 15 is 0 Å². The third kappa shape index (κ3) is 5.89. The minimum absolute atomic E-state index is 0.0410. The summed E-state index contributed by atoms with van der Waals surface area (Å²) in [7, 11) is 3.34. The van der Waals surface area contributed by atoms with Gasteiger partial charge in [0.05, 0.1) is 5.75 Å². The Hall–Kier alpha value is -3.85. The van der Waals surface area contributed by atoms with Gasteiger partial charge in [0.2, 0.25) is 11.8 Å². The van der Waals surface area contributed by atoms with Crippen LogP contribution in [-0.2, 0) is 9.59 Å². The lowest BCUT2D eigenvalue weighted by molar-refractivity contribution is -0.130. The first-order valence-electron chi connectivity index (χ1n) is 10.2. The Bertz CT molecular complexity index is 1270. The van der Waals surface area contributed by atoms with Gasteiger partial charge in [0.15, 0.2) is 6.61 Å². The molecular formula is C24H22N4O4S. The summed E-state index contributed by atoms with van der Waals surface area (Å²) in [5.41, 5.74) is 1.45. The quantitative estimate of drug-likeness (QED) is 0.394. The Balaban J connectivity index is 1.28. The predicted octanol–water partition coefficient (Wildman–Crippen LogP) is 4.09. The Morgan fingerprint density at radius 1 is 1.00 bits per heavy atom. The summed E-state index contributed by atoms with van der Waals surface area (Å²) < 4.78 is 11.1. The van der Waals surface area contributed by atoms with Gasteiger partial charge in [-0.05, 0) is 47.2 Å². The highest BCUT2D eigenvalue weighted by Gasteiger charge is 2.12. The number of fused-ring (bicyclic) bond motifs is 1. The number of amides is 2. The van der Waals surface area contributed by atoms with E-state index in [0.717, 1.165) is 28.1 Å². The molecule has 2 amide bonds. The lowest BCUT2D eigenvalue weighted by Gasteiger charge is -2.11. The number of carbonyl (C=O) groups excluding carboxylic acids is 2. The van der Waals surface area contributed by atoms with Crippen LogP contribution < -0.4 is 10.1 Å². The van der Waals surface area contributed by atoms with Crippen LogP contribution in [0.5, 0.6) is 5.75 Å². The average molecular weight is 463 g/mol. The van der Waals surface area contributed by atoms with Crippen LogP contribution in [0.3, 0.4) is 0 Å². The number of anilines is 1. The predicted molar refractivity (Wildman–Crippen MR) is 127 cm³/mol. The third-order valence-electron chi connectivity index (χ3n) is 4.73. The van der Waals surface area contributed by atoms with E-state index in [1.807, 2.05) is 42.5 Å². The molecule has 8 nitrogen and oxygen atoms in total. The number of aromatic nitrogens is 2. The van der Waals surface area contributed by atoms with Gasteiger partial charge >= 0.3 is 0 Å². The third-order valence-corrected chi connectivity index (χ3v) is 5.55. The molecular weight excluding hydrogens is 440 g/mol. The first kappa shape index (κ1) is 22.3.